The number of aryl methyl sites for hydroxylation is 1. The van der Waals surface area contributed by atoms with Gasteiger partial charge in [-0.25, -0.2) is 19.2 Å². The molecule has 8 rings (SSSR count). The fourth-order valence-corrected chi connectivity index (χ4v) is 8.80. The van der Waals surface area contributed by atoms with E-state index < -0.39 is 11.4 Å². The quantitative estimate of drug-likeness (QED) is 0.141. The summed E-state index contributed by atoms with van der Waals surface area (Å²) in [6.45, 7) is 8.84. The third-order valence-electron chi connectivity index (χ3n) is 10.8. The highest BCUT2D eigenvalue weighted by molar-refractivity contribution is 6.39. The van der Waals surface area contributed by atoms with Gasteiger partial charge in [-0.15, -0.1) is 0 Å². The van der Waals surface area contributed by atoms with Gasteiger partial charge in [0.25, 0.3) is 0 Å². The van der Waals surface area contributed by atoms with E-state index in [1.165, 1.54) is 0 Å². The SMILES string of the molecule is COc1ccc(CN(Cc2ccc(OC)cc2)c2cc(C)c(Cl)c(-c3c(Cl)c4c5c(nc(Cl)nc5c3F)N3C[C@H]5CC[C@@H]([C@H]3CO4)N5C(=O)OC(C)(C)C)n2)cc1. The second-order valence-corrected chi connectivity index (χ2v) is 16.7. The van der Waals surface area contributed by atoms with Gasteiger partial charge in [-0.05, 0) is 99.2 Å². The summed E-state index contributed by atoms with van der Waals surface area (Å²) in [6, 6.07) is 16.7. The number of ether oxygens (including phenoxy) is 4. The number of carbonyl (C=O) groups is 1. The highest BCUT2D eigenvalue weighted by Gasteiger charge is 2.52. The molecule has 2 fully saturated rings. The Morgan fingerprint density at radius 3 is 2.14 bits per heavy atom. The van der Waals surface area contributed by atoms with Crippen LogP contribution in [-0.4, -0.2) is 77.0 Å². The van der Waals surface area contributed by atoms with Crippen molar-refractivity contribution in [2.24, 2.45) is 0 Å². The van der Waals surface area contributed by atoms with Crippen LogP contribution in [0.1, 0.15) is 50.3 Å². The molecule has 3 atom stereocenters. The molecular weight excluding hydrogens is 794 g/mol. The zero-order valence-electron chi connectivity index (χ0n) is 32.4. The smallest absolute Gasteiger partial charge is 0.410 e. The molecule has 0 spiro atoms. The summed E-state index contributed by atoms with van der Waals surface area (Å²) < 4.78 is 40.5. The Morgan fingerprint density at radius 2 is 1.54 bits per heavy atom. The number of anilines is 2. The summed E-state index contributed by atoms with van der Waals surface area (Å²) in [4.78, 5) is 33.5. The molecule has 3 aliphatic rings. The van der Waals surface area contributed by atoms with Crippen molar-refractivity contribution in [3.05, 3.63) is 92.4 Å². The highest BCUT2D eigenvalue weighted by Crippen LogP contribution is 2.51. The van der Waals surface area contributed by atoms with Gasteiger partial charge in [-0.3, -0.25) is 4.90 Å². The van der Waals surface area contributed by atoms with Crippen LogP contribution in [-0.2, 0) is 17.8 Å². The predicted molar refractivity (Wildman–Crippen MR) is 220 cm³/mol. The molecule has 11 nitrogen and oxygen atoms in total. The second kappa shape index (κ2) is 15.2. The van der Waals surface area contributed by atoms with Crippen molar-refractivity contribution in [2.75, 3.05) is 37.2 Å². The van der Waals surface area contributed by atoms with E-state index in [1.807, 2.05) is 87.2 Å². The van der Waals surface area contributed by atoms with Crippen molar-refractivity contribution in [3.8, 4) is 28.5 Å². The van der Waals surface area contributed by atoms with Crippen LogP contribution in [0.15, 0.2) is 54.6 Å². The van der Waals surface area contributed by atoms with E-state index in [9.17, 15) is 4.79 Å². The van der Waals surface area contributed by atoms with Gasteiger partial charge in [-0.2, -0.15) is 4.98 Å². The predicted octanol–water partition coefficient (Wildman–Crippen LogP) is 9.67. The van der Waals surface area contributed by atoms with Gasteiger partial charge < -0.3 is 28.7 Å². The summed E-state index contributed by atoms with van der Waals surface area (Å²) >= 11 is 20.9. The number of piperazine rings is 1. The molecule has 5 heterocycles. The van der Waals surface area contributed by atoms with Gasteiger partial charge in [0.15, 0.2) is 11.6 Å². The minimum absolute atomic E-state index is 0.0241. The second-order valence-electron chi connectivity index (χ2n) is 15.6. The van der Waals surface area contributed by atoms with Crippen LogP contribution in [0.2, 0.25) is 15.3 Å². The first-order chi connectivity index (χ1) is 27.2. The Hall–Kier alpha value is -4.78. The zero-order valence-corrected chi connectivity index (χ0v) is 34.7. The van der Waals surface area contributed by atoms with Crippen LogP contribution in [0.25, 0.3) is 22.2 Å². The maximum atomic E-state index is 17.3. The molecule has 3 aliphatic heterocycles. The maximum absolute atomic E-state index is 17.3. The van der Waals surface area contributed by atoms with E-state index in [2.05, 4.69) is 19.8 Å². The molecule has 0 N–H and O–H groups in total. The van der Waals surface area contributed by atoms with Crippen molar-refractivity contribution in [1.29, 1.82) is 0 Å². The lowest BCUT2D eigenvalue weighted by Crippen LogP contribution is -2.63. The van der Waals surface area contributed by atoms with Crippen molar-refractivity contribution in [2.45, 2.75) is 77.4 Å². The minimum atomic E-state index is -0.760. The first-order valence-corrected chi connectivity index (χ1v) is 19.8. The topological polar surface area (TPSA) is 102 Å². The molecule has 15 heteroatoms. The van der Waals surface area contributed by atoms with Crippen LogP contribution in [0, 0.1) is 12.7 Å². The largest absolute Gasteiger partial charge is 0.497 e. The average molecular weight is 836 g/mol. The molecule has 0 unspecified atom stereocenters. The van der Waals surface area contributed by atoms with Crippen LogP contribution in [0.5, 0.6) is 17.2 Å². The Balaban J connectivity index is 1.23. The number of rotatable bonds is 8. The number of carbonyl (C=O) groups excluding carboxylic acids is 1. The Labute approximate surface area is 345 Å². The van der Waals surface area contributed by atoms with Gasteiger partial charge >= 0.3 is 6.09 Å². The van der Waals surface area contributed by atoms with Crippen LogP contribution < -0.4 is 24.0 Å². The third kappa shape index (κ3) is 7.32. The van der Waals surface area contributed by atoms with Crippen molar-refractivity contribution >= 4 is 63.4 Å². The molecule has 1 amide bonds. The molecule has 5 aromatic rings. The number of halogens is 4. The molecule has 298 valence electrons. The fourth-order valence-electron chi connectivity index (χ4n) is 8.12. The van der Waals surface area contributed by atoms with Crippen molar-refractivity contribution in [1.82, 2.24) is 19.9 Å². The monoisotopic (exact) mass is 834 g/mol. The Morgan fingerprint density at radius 1 is 0.912 bits per heavy atom. The molecular formula is C42H42Cl3FN6O5. The lowest BCUT2D eigenvalue weighted by atomic mass is 10.0. The molecule has 3 aromatic carbocycles. The number of amides is 1. The summed E-state index contributed by atoms with van der Waals surface area (Å²) in [6.07, 6.45) is 1.13. The summed E-state index contributed by atoms with van der Waals surface area (Å²) in [5, 5.41) is 0.343. The number of benzene rings is 3. The third-order valence-corrected chi connectivity index (χ3v) is 11.8. The normalized spacial score (nSPS) is 18.5. The molecule has 2 saturated heterocycles. The maximum Gasteiger partial charge on any atom is 0.410 e. The molecule has 0 saturated carbocycles. The number of hydrogen-bond donors (Lipinski definition) is 0. The Bertz CT molecular complexity index is 2310. The van der Waals surface area contributed by atoms with E-state index in [4.69, 9.17) is 58.7 Å². The van der Waals surface area contributed by atoms with Gasteiger partial charge in [0, 0.05) is 19.6 Å². The minimum Gasteiger partial charge on any atom is -0.497 e. The van der Waals surface area contributed by atoms with E-state index in [1.54, 1.807) is 14.2 Å². The first kappa shape index (κ1) is 39.1. The molecule has 0 aliphatic carbocycles. The molecule has 2 bridgehead atoms. The summed E-state index contributed by atoms with van der Waals surface area (Å²) in [5.41, 5.74) is 1.98. The van der Waals surface area contributed by atoms with Gasteiger partial charge in [-0.1, -0.05) is 47.5 Å². The summed E-state index contributed by atoms with van der Waals surface area (Å²) in [5.74, 6) is 1.84. The van der Waals surface area contributed by atoms with E-state index in [0.717, 1.165) is 35.5 Å². The molecule has 0 radical (unpaired) electrons. The van der Waals surface area contributed by atoms with Crippen LogP contribution >= 0.6 is 34.8 Å². The molecule has 57 heavy (non-hydrogen) atoms. The number of aromatic nitrogens is 3. The van der Waals surface area contributed by atoms with E-state index in [0.29, 0.717) is 42.2 Å². The fraction of sp³-hybridized carbons (Fsp3) is 0.381. The highest BCUT2D eigenvalue weighted by atomic mass is 35.5. The Kier molecular flexibility index (Phi) is 10.4. The number of nitrogens with zero attached hydrogens (tertiary/aromatic N) is 6. The average Bonchev–Trinajstić information content (AvgIpc) is 3.41. The lowest BCUT2D eigenvalue weighted by molar-refractivity contribution is 0.00546. The van der Waals surface area contributed by atoms with Gasteiger partial charge in [0.1, 0.15) is 40.9 Å². The zero-order chi connectivity index (χ0) is 40.3. The molecule has 2 aromatic heterocycles. The van der Waals surface area contributed by atoms with Crippen LogP contribution in [0.4, 0.5) is 20.8 Å². The van der Waals surface area contributed by atoms with E-state index >= 15 is 4.39 Å². The lowest BCUT2D eigenvalue weighted by Gasteiger charge is -2.46. The number of pyridine rings is 1. The number of hydrogen-bond acceptors (Lipinski definition) is 10. The van der Waals surface area contributed by atoms with E-state index in [-0.39, 0.29) is 68.7 Å². The van der Waals surface area contributed by atoms with Gasteiger partial charge in [0.05, 0.1) is 59.0 Å². The van der Waals surface area contributed by atoms with Crippen LogP contribution in [0.3, 0.4) is 0 Å². The number of fused-ring (bicyclic) bond motifs is 5. The first-order valence-electron chi connectivity index (χ1n) is 18.7. The van der Waals surface area contributed by atoms with Crippen molar-refractivity contribution in [3.63, 3.8) is 0 Å². The standard InChI is InChI=1S/C42H42Cl3FN6O5/c1-22-17-30(50(18-23-7-12-26(54-5)13-8-23)19-24-9-14-27(55-6)15-10-24)47-36(33(22)43)31-34(44)38-32-37(35(31)46)48-40(45)49-39(32)51-20-25-11-16-28(29(51)21-56-38)52(25)41(53)57-42(2,3)4/h7-10,12-15,17,25,28-29H,11,16,18-21H2,1-6H3/t25-,28+,29-/m1/s1. The van der Waals surface area contributed by atoms with Crippen molar-refractivity contribution < 1.29 is 28.1 Å². The summed E-state index contributed by atoms with van der Waals surface area (Å²) in [7, 11) is 3.25. The van der Waals surface area contributed by atoms with Gasteiger partial charge in [0.2, 0.25) is 5.28 Å². The number of methoxy groups -OCH3 is 2.